The molecule has 0 saturated carbocycles. The number of hydrogen-bond acceptors (Lipinski definition) is 3. The molecule has 0 spiro atoms. The smallest absolute Gasteiger partial charge is 0.122 e. The van der Waals surface area contributed by atoms with Gasteiger partial charge in [-0.2, -0.15) is 0 Å². The van der Waals surface area contributed by atoms with Crippen molar-refractivity contribution in [2.45, 2.75) is 25.7 Å². The number of nitrogens with one attached hydrogen (secondary N) is 2. The van der Waals surface area contributed by atoms with Crippen LogP contribution in [0.15, 0.2) is 18.2 Å². The lowest BCUT2D eigenvalue weighted by atomic mass is 10.1. The first-order valence-electron chi connectivity index (χ1n) is 6.54. The third kappa shape index (κ3) is 3.63. The van der Waals surface area contributed by atoms with E-state index in [0.717, 1.165) is 38.3 Å². The predicted molar refractivity (Wildman–Crippen MR) is 71.9 cm³/mol. The van der Waals surface area contributed by atoms with Crippen molar-refractivity contribution >= 4 is 5.69 Å². The number of hydrogen-bond donors (Lipinski definition) is 2. The first-order chi connectivity index (χ1) is 8.40. The fourth-order valence-electron chi connectivity index (χ4n) is 2.13. The molecule has 1 heterocycles. The Balaban J connectivity index is 1.81. The lowest BCUT2D eigenvalue weighted by Gasteiger charge is -2.18. The Morgan fingerprint density at radius 2 is 2.12 bits per heavy atom. The van der Waals surface area contributed by atoms with E-state index >= 15 is 0 Å². The first kappa shape index (κ1) is 12.2. The second-order valence-electron chi connectivity index (χ2n) is 4.51. The van der Waals surface area contributed by atoms with Gasteiger partial charge in [-0.1, -0.05) is 0 Å². The molecule has 0 aromatic heterocycles. The number of ether oxygens (including phenoxy) is 1. The summed E-state index contributed by atoms with van der Waals surface area (Å²) in [5.41, 5.74) is 2.56. The zero-order chi connectivity index (χ0) is 11.9. The molecule has 0 saturated heterocycles. The van der Waals surface area contributed by atoms with Crippen LogP contribution in [0.5, 0.6) is 5.75 Å². The molecule has 0 bridgehead atoms. The quantitative estimate of drug-likeness (QED) is 0.742. The van der Waals surface area contributed by atoms with Crippen molar-refractivity contribution in [1.82, 2.24) is 5.32 Å². The molecule has 94 valence electrons. The number of benzene rings is 1. The van der Waals surface area contributed by atoms with E-state index in [2.05, 4.69) is 28.8 Å². The normalized spacial score (nSPS) is 13.9. The van der Waals surface area contributed by atoms with Gasteiger partial charge < -0.3 is 15.4 Å². The van der Waals surface area contributed by atoms with Crippen molar-refractivity contribution in [2.75, 3.05) is 32.1 Å². The van der Waals surface area contributed by atoms with Gasteiger partial charge in [0.05, 0.1) is 6.61 Å². The van der Waals surface area contributed by atoms with Gasteiger partial charge >= 0.3 is 0 Å². The molecule has 2 rings (SSSR count). The first-order valence-corrected chi connectivity index (χ1v) is 6.54. The predicted octanol–water partition coefficient (Wildman–Crippen LogP) is 2.42. The molecular weight excluding hydrogens is 212 g/mol. The van der Waals surface area contributed by atoms with Crippen LogP contribution in [0.4, 0.5) is 5.69 Å². The molecule has 1 aromatic carbocycles. The lowest BCUT2D eigenvalue weighted by Crippen LogP contribution is -2.11. The number of aryl methyl sites for hydroxylation is 1. The van der Waals surface area contributed by atoms with Crippen LogP contribution in [0.25, 0.3) is 0 Å². The molecule has 0 radical (unpaired) electrons. The second kappa shape index (κ2) is 6.50. The molecule has 0 unspecified atom stereocenters. The van der Waals surface area contributed by atoms with Gasteiger partial charge in [0, 0.05) is 12.2 Å². The van der Waals surface area contributed by atoms with Gasteiger partial charge in [-0.15, -0.1) is 0 Å². The van der Waals surface area contributed by atoms with Crippen molar-refractivity contribution < 1.29 is 4.74 Å². The fraction of sp³-hybridized carbons (Fsp3) is 0.571. The Hall–Kier alpha value is -1.22. The SMILES string of the molecule is CNCCCCNc1ccc2c(c1)CCCO2. The summed E-state index contributed by atoms with van der Waals surface area (Å²) >= 11 is 0. The van der Waals surface area contributed by atoms with Crippen molar-refractivity contribution in [3.05, 3.63) is 23.8 Å². The second-order valence-corrected chi connectivity index (χ2v) is 4.51. The summed E-state index contributed by atoms with van der Waals surface area (Å²) in [7, 11) is 2.00. The van der Waals surface area contributed by atoms with Crippen LogP contribution < -0.4 is 15.4 Å². The zero-order valence-electron chi connectivity index (χ0n) is 10.6. The molecule has 1 aromatic rings. The van der Waals surface area contributed by atoms with E-state index in [1.54, 1.807) is 0 Å². The molecule has 1 aliphatic rings. The highest BCUT2D eigenvalue weighted by Gasteiger charge is 2.09. The highest BCUT2D eigenvalue weighted by Crippen LogP contribution is 2.27. The molecule has 0 aliphatic carbocycles. The van der Waals surface area contributed by atoms with Crippen LogP contribution in [-0.2, 0) is 6.42 Å². The van der Waals surface area contributed by atoms with Gasteiger partial charge in [0.25, 0.3) is 0 Å². The highest BCUT2D eigenvalue weighted by molar-refractivity contribution is 5.51. The van der Waals surface area contributed by atoms with Crippen LogP contribution in [0.2, 0.25) is 0 Å². The summed E-state index contributed by atoms with van der Waals surface area (Å²) in [6.45, 7) is 3.00. The average Bonchev–Trinajstić information content (AvgIpc) is 2.38. The summed E-state index contributed by atoms with van der Waals surface area (Å²) in [6.07, 6.45) is 4.70. The zero-order valence-corrected chi connectivity index (χ0v) is 10.6. The molecule has 0 amide bonds. The monoisotopic (exact) mass is 234 g/mol. The van der Waals surface area contributed by atoms with Crippen LogP contribution in [0.3, 0.4) is 0 Å². The molecular formula is C14H22N2O. The Morgan fingerprint density at radius 1 is 1.24 bits per heavy atom. The van der Waals surface area contributed by atoms with Gasteiger partial charge in [-0.3, -0.25) is 0 Å². The van der Waals surface area contributed by atoms with E-state index < -0.39 is 0 Å². The Morgan fingerprint density at radius 3 is 3.00 bits per heavy atom. The summed E-state index contributed by atoms with van der Waals surface area (Å²) in [5, 5.41) is 6.63. The molecule has 2 N–H and O–H groups in total. The summed E-state index contributed by atoms with van der Waals surface area (Å²) < 4.78 is 5.60. The van der Waals surface area contributed by atoms with E-state index in [4.69, 9.17) is 4.74 Å². The number of rotatable bonds is 6. The van der Waals surface area contributed by atoms with E-state index in [-0.39, 0.29) is 0 Å². The molecule has 1 aliphatic heterocycles. The number of anilines is 1. The summed E-state index contributed by atoms with van der Waals surface area (Å²) in [5.74, 6) is 1.07. The molecule has 0 atom stereocenters. The van der Waals surface area contributed by atoms with E-state index in [0.29, 0.717) is 0 Å². The largest absolute Gasteiger partial charge is 0.493 e. The van der Waals surface area contributed by atoms with Gasteiger partial charge in [-0.25, -0.2) is 0 Å². The third-order valence-corrected chi connectivity index (χ3v) is 3.09. The maximum Gasteiger partial charge on any atom is 0.122 e. The Bertz CT molecular complexity index is 352. The molecule has 3 nitrogen and oxygen atoms in total. The van der Waals surface area contributed by atoms with Crippen molar-refractivity contribution in [3.63, 3.8) is 0 Å². The van der Waals surface area contributed by atoms with Crippen LogP contribution in [-0.4, -0.2) is 26.7 Å². The van der Waals surface area contributed by atoms with Crippen LogP contribution in [0, 0.1) is 0 Å². The average molecular weight is 234 g/mol. The summed E-state index contributed by atoms with van der Waals surface area (Å²) in [4.78, 5) is 0. The molecule has 0 fully saturated rings. The lowest BCUT2D eigenvalue weighted by molar-refractivity contribution is 0.288. The van der Waals surface area contributed by atoms with Gasteiger partial charge in [0.1, 0.15) is 5.75 Å². The minimum atomic E-state index is 0.865. The van der Waals surface area contributed by atoms with Gasteiger partial charge in [-0.05, 0) is 63.0 Å². The standard InChI is InChI=1S/C14H22N2O/c1-15-8-2-3-9-16-13-6-7-14-12(11-13)5-4-10-17-14/h6-7,11,15-16H,2-5,8-10H2,1H3. The van der Waals surface area contributed by atoms with E-state index in [1.165, 1.54) is 24.1 Å². The van der Waals surface area contributed by atoms with E-state index in [1.807, 2.05) is 7.05 Å². The number of fused-ring (bicyclic) bond motifs is 1. The Labute approximate surface area is 104 Å². The van der Waals surface area contributed by atoms with Crippen LogP contribution in [0.1, 0.15) is 24.8 Å². The van der Waals surface area contributed by atoms with Crippen LogP contribution >= 0.6 is 0 Å². The molecule has 17 heavy (non-hydrogen) atoms. The maximum atomic E-state index is 5.60. The van der Waals surface area contributed by atoms with Gasteiger partial charge in [0.2, 0.25) is 0 Å². The number of unbranched alkanes of at least 4 members (excludes halogenated alkanes) is 1. The Kier molecular flexibility index (Phi) is 4.68. The van der Waals surface area contributed by atoms with Crippen molar-refractivity contribution in [1.29, 1.82) is 0 Å². The summed E-state index contributed by atoms with van der Waals surface area (Å²) in [6, 6.07) is 6.43. The van der Waals surface area contributed by atoms with Crippen molar-refractivity contribution in [3.8, 4) is 5.75 Å². The third-order valence-electron chi connectivity index (χ3n) is 3.09. The minimum Gasteiger partial charge on any atom is -0.493 e. The maximum absolute atomic E-state index is 5.60. The van der Waals surface area contributed by atoms with Crippen molar-refractivity contribution in [2.24, 2.45) is 0 Å². The van der Waals surface area contributed by atoms with E-state index in [9.17, 15) is 0 Å². The minimum absolute atomic E-state index is 0.865. The topological polar surface area (TPSA) is 33.3 Å². The van der Waals surface area contributed by atoms with Gasteiger partial charge in [0.15, 0.2) is 0 Å². The fourth-order valence-corrected chi connectivity index (χ4v) is 2.13. The highest BCUT2D eigenvalue weighted by atomic mass is 16.5. The molecule has 3 heteroatoms.